The van der Waals surface area contributed by atoms with Crippen molar-refractivity contribution in [1.82, 2.24) is 0 Å². The maximum Gasteiger partial charge on any atom is 0.143 e. The molecule has 1 aromatic heterocycles. The fourth-order valence-electron chi connectivity index (χ4n) is 5.85. The highest BCUT2D eigenvalue weighted by Gasteiger charge is 2.22. The number of hydrogen-bond acceptors (Lipinski definition) is 1. The van der Waals surface area contributed by atoms with E-state index in [1.165, 1.54) is 0 Å². The summed E-state index contributed by atoms with van der Waals surface area (Å²) in [6, 6.07) is -0.680. The number of furan rings is 1. The van der Waals surface area contributed by atoms with E-state index >= 15 is 0 Å². The zero-order valence-electron chi connectivity index (χ0n) is 43.0. The summed E-state index contributed by atoms with van der Waals surface area (Å²) >= 11 is 0. The van der Waals surface area contributed by atoms with Crippen molar-refractivity contribution in [2.75, 3.05) is 0 Å². The van der Waals surface area contributed by atoms with Gasteiger partial charge in [-0.15, -0.1) is 0 Å². The molecule has 0 N–H and O–H groups in total. The maximum atomic E-state index is 9.77. The fraction of sp³-hybridized carbons (Fsp3) is 0. The number of hydrogen-bond donors (Lipinski definition) is 0. The Morgan fingerprint density at radius 2 is 0.933 bits per heavy atom. The van der Waals surface area contributed by atoms with Gasteiger partial charge in [0.05, 0.1) is 27.4 Å². The molecule has 0 spiro atoms. The molecule has 0 fully saturated rings. The third kappa shape index (κ3) is 4.09. The van der Waals surface area contributed by atoms with E-state index in [-0.39, 0.29) is 60.2 Å². The average molecular weight is 593 g/mol. The van der Waals surface area contributed by atoms with Gasteiger partial charge >= 0.3 is 0 Å². The van der Waals surface area contributed by atoms with Crippen LogP contribution in [0.15, 0.2) is 174 Å². The van der Waals surface area contributed by atoms with Crippen molar-refractivity contribution in [3.05, 3.63) is 169 Å². The van der Waals surface area contributed by atoms with Gasteiger partial charge in [0.1, 0.15) is 11.2 Å². The van der Waals surface area contributed by atoms with Crippen LogP contribution >= 0.6 is 0 Å². The summed E-state index contributed by atoms with van der Waals surface area (Å²) in [6.45, 7) is 0. The molecule has 45 heavy (non-hydrogen) atoms. The summed E-state index contributed by atoms with van der Waals surface area (Å²) in [7, 11) is 0. The summed E-state index contributed by atoms with van der Waals surface area (Å²) in [5, 5.41) is 0.745. The molecule has 210 valence electrons. The van der Waals surface area contributed by atoms with E-state index < -0.39 is 149 Å². The van der Waals surface area contributed by atoms with Crippen LogP contribution in [-0.2, 0) is 0 Å². The zero-order chi connectivity index (χ0) is 47.1. The largest absolute Gasteiger partial charge is 0.455 e. The minimum atomic E-state index is -0.747. The Bertz CT molecular complexity index is 3550. The van der Waals surface area contributed by atoms with Crippen molar-refractivity contribution < 1.29 is 31.8 Å². The molecule has 0 saturated carbocycles. The lowest BCUT2D eigenvalue weighted by Crippen LogP contribution is -1.92. The van der Waals surface area contributed by atoms with Gasteiger partial charge in [-0.2, -0.15) is 0 Å². The highest BCUT2D eigenvalue weighted by Crippen LogP contribution is 2.48. The normalized spacial score (nSPS) is 17.8. The molecule has 9 rings (SSSR count). The van der Waals surface area contributed by atoms with Gasteiger partial charge in [-0.3, -0.25) is 0 Å². The van der Waals surface area contributed by atoms with E-state index in [4.69, 9.17) is 26.3 Å². The minimum Gasteiger partial charge on any atom is -0.455 e. The predicted molar refractivity (Wildman–Crippen MR) is 190 cm³/mol. The lowest BCUT2D eigenvalue weighted by molar-refractivity contribution is 0.670. The summed E-state index contributed by atoms with van der Waals surface area (Å²) in [5.74, 6) is 0. The Hall–Kier alpha value is -5.92. The standard InChI is InChI=1S/C44H28O/c1-3-14-29(15-4-1)31-18-13-19-32(28-31)41-34-20-7-9-22-36(34)42(37-23-10-8-21-35(37)41)39-27-26-33(30-16-5-2-6-17-30)44-43(39)38-24-11-12-25-40(38)45-44/h1-28H/i1D,2D,3D,4D,5D,6D,11D,12D,13D,14D,15D,16D,17D,18D,19D,24D,25D,26D,27D,28D. The molecule has 9 aromatic rings. The van der Waals surface area contributed by atoms with Crippen LogP contribution in [0, 0.1) is 0 Å². The van der Waals surface area contributed by atoms with Gasteiger partial charge in [0, 0.05) is 16.3 Å². The van der Waals surface area contributed by atoms with Gasteiger partial charge in [-0.1, -0.05) is 151 Å². The summed E-state index contributed by atoms with van der Waals surface area (Å²) in [4.78, 5) is 0. The van der Waals surface area contributed by atoms with Crippen LogP contribution in [0.2, 0.25) is 0 Å². The molecule has 1 heteroatoms. The van der Waals surface area contributed by atoms with Gasteiger partial charge in [0.2, 0.25) is 0 Å². The highest BCUT2D eigenvalue weighted by molar-refractivity contribution is 6.26. The highest BCUT2D eigenvalue weighted by atomic mass is 16.3. The average Bonchev–Trinajstić information content (AvgIpc) is 3.69. The number of rotatable bonds is 4. The second-order valence-corrected chi connectivity index (χ2v) is 10.1. The van der Waals surface area contributed by atoms with Crippen molar-refractivity contribution in [2.45, 2.75) is 0 Å². The van der Waals surface area contributed by atoms with Crippen molar-refractivity contribution in [1.29, 1.82) is 0 Å². The molecule has 0 amide bonds. The molecule has 0 aliphatic rings. The van der Waals surface area contributed by atoms with Crippen molar-refractivity contribution in [2.24, 2.45) is 0 Å². The van der Waals surface area contributed by atoms with E-state index in [2.05, 4.69) is 0 Å². The van der Waals surface area contributed by atoms with E-state index in [0.29, 0.717) is 0 Å². The van der Waals surface area contributed by atoms with Gasteiger partial charge in [-0.25, -0.2) is 0 Å². The van der Waals surface area contributed by atoms with Crippen LogP contribution in [-0.4, -0.2) is 0 Å². The Morgan fingerprint density at radius 1 is 0.400 bits per heavy atom. The molecular weight excluding hydrogens is 544 g/mol. The lowest BCUT2D eigenvalue weighted by Gasteiger charge is -2.19. The topological polar surface area (TPSA) is 13.1 Å². The number of fused-ring (bicyclic) bond motifs is 5. The van der Waals surface area contributed by atoms with Crippen molar-refractivity contribution >= 4 is 43.5 Å². The van der Waals surface area contributed by atoms with Gasteiger partial charge < -0.3 is 4.42 Å². The molecule has 1 heterocycles. The lowest BCUT2D eigenvalue weighted by atomic mass is 9.84. The van der Waals surface area contributed by atoms with Crippen LogP contribution in [0.1, 0.15) is 27.4 Å². The molecule has 0 unspecified atom stereocenters. The third-order valence-corrected chi connectivity index (χ3v) is 7.68. The van der Waals surface area contributed by atoms with Crippen molar-refractivity contribution in [3.63, 3.8) is 0 Å². The van der Waals surface area contributed by atoms with E-state index in [9.17, 15) is 5.48 Å². The molecule has 0 aliphatic carbocycles. The second kappa shape index (κ2) is 10.4. The first-order chi connectivity index (χ1) is 30.7. The molecule has 0 atom stereocenters. The van der Waals surface area contributed by atoms with Gasteiger partial charge in [0.25, 0.3) is 0 Å². The summed E-state index contributed by atoms with van der Waals surface area (Å²) in [6.07, 6.45) is 0. The SMILES string of the molecule is [2H]c1c([2H])c([2H])c(-c2c([2H])c([2H])c([2H])c(-c3c4ccccc4c(-c4c([2H])c([2H])c(-c5c([2H])c([2H])c([2H])c([2H])c5[2H])c5oc6c([2H])c([2H])c([2H])c([2H])c6c45)c4ccccc34)c2[2H])c([2H])c1[2H]. The molecule has 0 bridgehead atoms. The molecular formula is C44H28O. The quantitative estimate of drug-likeness (QED) is 0.185. The van der Waals surface area contributed by atoms with Crippen LogP contribution in [0.5, 0.6) is 0 Å². The predicted octanol–water partition coefficient (Wildman–Crippen LogP) is 12.6. The van der Waals surface area contributed by atoms with Crippen LogP contribution in [0.25, 0.3) is 88.0 Å². The fourth-order valence-corrected chi connectivity index (χ4v) is 5.85. The molecule has 1 nitrogen and oxygen atoms in total. The Labute approximate surface area is 289 Å². The van der Waals surface area contributed by atoms with E-state index in [0.717, 1.165) is 0 Å². The van der Waals surface area contributed by atoms with Crippen LogP contribution < -0.4 is 0 Å². The summed E-state index contributed by atoms with van der Waals surface area (Å²) in [5.41, 5.74) is -2.68. The first-order valence-corrected chi connectivity index (χ1v) is 13.8. The third-order valence-electron chi connectivity index (χ3n) is 7.68. The summed E-state index contributed by atoms with van der Waals surface area (Å²) < 4.78 is 182. The smallest absolute Gasteiger partial charge is 0.143 e. The molecule has 0 saturated heterocycles. The van der Waals surface area contributed by atoms with Crippen molar-refractivity contribution in [3.8, 4) is 44.5 Å². The van der Waals surface area contributed by atoms with Gasteiger partial charge in [-0.05, 0) is 78.6 Å². The first-order valence-electron chi connectivity index (χ1n) is 23.8. The maximum absolute atomic E-state index is 9.77. The molecule has 8 aromatic carbocycles. The minimum absolute atomic E-state index is 0.108. The Kier molecular flexibility index (Phi) is 2.90. The first kappa shape index (κ1) is 12.6. The monoisotopic (exact) mass is 592 g/mol. The number of benzene rings is 8. The van der Waals surface area contributed by atoms with Crippen LogP contribution in [0.3, 0.4) is 0 Å². The van der Waals surface area contributed by atoms with Crippen LogP contribution in [0.4, 0.5) is 0 Å². The van der Waals surface area contributed by atoms with E-state index in [1.807, 2.05) is 0 Å². The number of para-hydroxylation sites is 1. The van der Waals surface area contributed by atoms with E-state index in [1.54, 1.807) is 48.5 Å². The molecule has 0 radical (unpaired) electrons. The zero-order valence-corrected chi connectivity index (χ0v) is 23.0. The molecule has 0 aliphatic heterocycles. The Balaban J connectivity index is 1.51. The second-order valence-electron chi connectivity index (χ2n) is 10.1. The van der Waals surface area contributed by atoms with Gasteiger partial charge in [0.15, 0.2) is 0 Å². The Morgan fingerprint density at radius 3 is 1.62 bits per heavy atom.